The van der Waals surface area contributed by atoms with Crippen molar-refractivity contribution in [1.29, 1.82) is 0 Å². The molecular formula is C22H26BrClN2O4S. The highest BCUT2D eigenvalue weighted by atomic mass is 79.9. The summed E-state index contributed by atoms with van der Waals surface area (Å²) in [6.45, 7) is 4.44. The van der Waals surface area contributed by atoms with Crippen molar-refractivity contribution in [2.75, 3.05) is 25.5 Å². The number of hydrogen-bond donors (Lipinski definition) is 1. The molecule has 0 bridgehead atoms. The highest BCUT2D eigenvalue weighted by Gasteiger charge is 2.35. The summed E-state index contributed by atoms with van der Waals surface area (Å²) in [4.78, 5) is 13.1. The number of benzene rings is 2. The quantitative estimate of drug-likeness (QED) is 0.570. The van der Waals surface area contributed by atoms with E-state index >= 15 is 0 Å². The molecule has 6 nitrogen and oxygen atoms in total. The van der Waals surface area contributed by atoms with Crippen LogP contribution in [0.2, 0.25) is 5.02 Å². The second-order valence-corrected chi connectivity index (χ2v) is 10.9. The largest absolute Gasteiger partial charge is 0.495 e. The third kappa shape index (κ3) is 5.25. The van der Waals surface area contributed by atoms with Crippen LogP contribution in [0, 0.1) is 12.8 Å². The van der Waals surface area contributed by atoms with Gasteiger partial charge in [0, 0.05) is 28.3 Å². The molecule has 0 radical (unpaired) electrons. The number of carbonyl (C=O) groups excluding carboxylic acids is 1. The minimum absolute atomic E-state index is 0.0144. The predicted octanol–water partition coefficient (Wildman–Crippen LogP) is 5.02. The maximum Gasteiger partial charge on any atom is 0.246 e. The first-order valence-corrected chi connectivity index (χ1v) is 12.7. The van der Waals surface area contributed by atoms with Crippen molar-refractivity contribution in [3.63, 3.8) is 0 Å². The van der Waals surface area contributed by atoms with Crippen molar-refractivity contribution >= 4 is 49.1 Å². The number of anilines is 1. The lowest BCUT2D eigenvalue weighted by Crippen LogP contribution is -2.43. The van der Waals surface area contributed by atoms with Gasteiger partial charge in [-0.3, -0.25) is 4.79 Å². The summed E-state index contributed by atoms with van der Waals surface area (Å²) in [5, 5.41) is 3.35. The normalized spacial score (nSPS) is 17.4. The Balaban J connectivity index is 1.83. The van der Waals surface area contributed by atoms with Crippen molar-refractivity contribution in [2.24, 2.45) is 5.92 Å². The minimum Gasteiger partial charge on any atom is -0.495 e. The number of hydrogen-bond acceptors (Lipinski definition) is 4. The number of aryl methyl sites for hydroxylation is 2. The molecule has 0 unspecified atom stereocenters. The molecule has 1 saturated heterocycles. The van der Waals surface area contributed by atoms with Gasteiger partial charge in [-0.05, 0) is 67.6 Å². The van der Waals surface area contributed by atoms with Crippen LogP contribution in [0.15, 0.2) is 39.7 Å². The van der Waals surface area contributed by atoms with E-state index in [4.69, 9.17) is 16.3 Å². The van der Waals surface area contributed by atoms with Gasteiger partial charge in [0.15, 0.2) is 0 Å². The van der Waals surface area contributed by atoms with E-state index in [0.29, 0.717) is 24.4 Å². The van der Waals surface area contributed by atoms with Gasteiger partial charge >= 0.3 is 0 Å². The first-order chi connectivity index (χ1) is 14.7. The molecule has 1 fully saturated rings. The second kappa shape index (κ2) is 9.90. The number of amides is 1. The number of methoxy groups -OCH3 is 1. The average Bonchev–Trinajstić information content (AvgIpc) is 2.75. The molecule has 0 aliphatic carbocycles. The first-order valence-electron chi connectivity index (χ1n) is 10.1. The number of rotatable bonds is 6. The van der Waals surface area contributed by atoms with Crippen LogP contribution in [0.1, 0.15) is 30.9 Å². The van der Waals surface area contributed by atoms with E-state index in [1.165, 1.54) is 23.5 Å². The third-order valence-corrected chi connectivity index (χ3v) is 8.09. The Morgan fingerprint density at radius 1 is 1.32 bits per heavy atom. The van der Waals surface area contributed by atoms with E-state index in [1.807, 2.05) is 26.0 Å². The SMILES string of the molecule is CCc1cc(Br)cc(C)c1NC(=O)[C@@H]1CCCN(S(=O)(=O)c2cc(Cl)ccc2OC)C1. The number of piperidine rings is 1. The van der Waals surface area contributed by atoms with Gasteiger partial charge in [-0.15, -0.1) is 0 Å². The average molecular weight is 530 g/mol. The van der Waals surface area contributed by atoms with E-state index < -0.39 is 15.9 Å². The number of nitrogens with one attached hydrogen (secondary N) is 1. The fourth-order valence-corrected chi connectivity index (χ4v) is 6.42. The number of sulfonamides is 1. The van der Waals surface area contributed by atoms with Crippen LogP contribution >= 0.6 is 27.5 Å². The van der Waals surface area contributed by atoms with Crippen molar-refractivity contribution in [2.45, 2.75) is 38.0 Å². The fraction of sp³-hybridized carbons (Fsp3) is 0.409. The molecule has 1 aliphatic heterocycles. The standard InChI is InChI=1S/C22H26BrClN2O4S/c1-4-15-11-17(23)10-14(2)21(15)25-22(27)16-6-5-9-26(13-16)31(28,29)20-12-18(24)7-8-19(20)30-3/h7-8,10-12,16H,4-6,9,13H2,1-3H3,(H,25,27)/t16-/m1/s1. The minimum atomic E-state index is -3.86. The Labute approximate surface area is 197 Å². The Kier molecular flexibility index (Phi) is 7.68. The van der Waals surface area contributed by atoms with Gasteiger partial charge in [0.25, 0.3) is 0 Å². The summed E-state index contributed by atoms with van der Waals surface area (Å²) in [6, 6.07) is 8.45. The molecule has 31 heavy (non-hydrogen) atoms. The number of nitrogens with zero attached hydrogens (tertiary/aromatic N) is 1. The van der Waals surface area contributed by atoms with Crippen molar-refractivity contribution in [1.82, 2.24) is 4.31 Å². The van der Waals surface area contributed by atoms with Crippen LogP contribution in [0.4, 0.5) is 5.69 Å². The van der Waals surface area contributed by atoms with Gasteiger partial charge in [0.1, 0.15) is 10.6 Å². The van der Waals surface area contributed by atoms with E-state index in [2.05, 4.69) is 21.2 Å². The molecule has 0 aromatic heterocycles. The molecule has 1 heterocycles. The lowest BCUT2D eigenvalue weighted by molar-refractivity contribution is -0.120. The molecule has 1 atom stereocenters. The van der Waals surface area contributed by atoms with Crippen LogP contribution in [0.5, 0.6) is 5.75 Å². The Hall–Kier alpha value is -1.61. The van der Waals surface area contributed by atoms with Gasteiger partial charge in [0.05, 0.1) is 13.0 Å². The predicted molar refractivity (Wildman–Crippen MR) is 126 cm³/mol. The maximum absolute atomic E-state index is 13.3. The van der Waals surface area contributed by atoms with Crippen molar-refractivity contribution in [3.8, 4) is 5.75 Å². The molecule has 168 valence electrons. The highest BCUT2D eigenvalue weighted by Crippen LogP contribution is 2.33. The molecule has 1 amide bonds. The van der Waals surface area contributed by atoms with Crippen molar-refractivity contribution in [3.05, 3.63) is 51.0 Å². The monoisotopic (exact) mass is 528 g/mol. The van der Waals surface area contributed by atoms with Gasteiger partial charge in [-0.1, -0.05) is 34.5 Å². The summed E-state index contributed by atoms with van der Waals surface area (Å²) in [6.07, 6.45) is 2.00. The number of ether oxygens (including phenoxy) is 1. The zero-order valence-electron chi connectivity index (χ0n) is 17.7. The van der Waals surface area contributed by atoms with Crippen LogP contribution in [-0.2, 0) is 21.2 Å². The summed E-state index contributed by atoms with van der Waals surface area (Å²) in [7, 11) is -2.44. The zero-order chi connectivity index (χ0) is 22.8. The molecule has 1 N–H and O–H groups in total. The molecule has 2 aromatic rings. The lowest BCUT2D eigenvalue weighted by Gasteiger charge is -2.32. The summed E-state index contributed by atoms with van der Waals surface area (Å²) < 4.78 is 34.1. The lowest BCUT2D eigenvalue weighted by atomic mass is 9.98. The van der Waals surface area contributed by atoms with Gasteiger partial charge in [-0.2, -0.15) is 4.31 Å². The van der Waals surface area contributed by atoms with E-state index in [1.54, 1.807) is 6.07 Å². The Morgan fingerprint density at radius 2 is 2.06 bits per heavy atom. The number of halogens is 2. The van der Waals surface area contributed by atoms with Gasteiger partial charge in [0.2, 0.25) is 15.9 Å². The van der Waals surface area contributed by atoms with Gasteiger partial charge in [-0.25, -0.2) is 8.42 Å². The zero-order valence-corrected chi connectivity index (χ0v) is 20.9. The molecule has 3 rings (SSSR count). The van der Waals surface area contributed by atoms with Crippen LogP contribution in [0.3, 0.4) is 0 Å². The van der Waals surface area contributed by atoms with Crippen molar-refractivity contribution < 1.29 is 17.9 Å². The van der Waals surface area contributed by atoms with Crippen LogP contribution < -0.4 is 10.1 Å². The molecule has 9 heteroatoms. The van der Waals surface area contributed by atoms with Gasteiger partial charge < -0.3 is 10.1 Å². The third-order valence-electron chi connectivity index (χ3n) is 5.51. The molecule has 2 aromatic carbocycles. The Morgan fingerprint density at radius 3 is 2.74 bits per heavy atom. The maximum atomic E-state index is 13.3. The summed E-state index contributed by atoms with van der Waals surface area (Å²) in [5.41, 5.74) is 2.79. The second-order valence-electron chi connectivity index (χ2n) is 7.60. The summed E-state index contributed by atoms with van der Waals surface area (Å²) >= 11 is 9.53. The smallest absolute Gasteiger partial charge is 0.246 e. The topological polar surface area (TPSA) is 75.7 Å². The van der Waals surface area contributed by atoms with E-state index in [9.17, 15) is 13.2 Å². The van der Waals surface area contributed by atoms with E-state index in [-0.39, 0.29) is 23.1 Å². The molecule has 0 saturated carbocycles. The van der Waals surface area contributed by atoms with Crippen LogP contribution in [0.25, 0.3) is 0 Å². The summed E-state index contributed by atoms with van der Waals surface area (Å²) in [5.74, 6) is -0.381. The van der Waals surface area contributed by atoms with E-state index in [0.717, 1.165) is 27.7 Å². The number of carbonyl (C=O) groups is 1. The Bertz CT molecular complexity index is 1090. The first kappa shape index (κ1) is 24.0. The van der Waals surface area contributed by atoms with Crippen LogP contribution in [-0.4, -0.2) is 38.8 Å². The highest BCUT2D eigenvalue weighted by molar-refractivity contribution is 9.10. The fourth-order valence-electron chi connectivity index (χ4n) is 3.86. The molecule has 0 spiro atoms. The molecule has 1 aliphatic rings. The molecular weight excluding hydrogens is 504 g/mol.